The quantitative estimate of drug-likeness (QED) is 0.701. The van der Waals surface area contributed by atoms with Gasteiger partial charge in [-0.25, -0.2) is 0 Å². The third-order valence-corrected chi connectivity index (χ3v) is 3.74. The van der Waals surface area contributed by atoms with E-state index in [0.29, 0.717) is 17.4 Å². The third-order valence-electron chi connectivity index (χ3n) is 3.74. The fraction of sp³-hybridized carbons (Fsp3) is 1.00. The second-order valence-corrected chi connectivity index (χ2v) is 4.90. The second kappa shape index (κ2) is 3.97. The first-order valence-corrected chi connectivity index (χ1v) is 5.43. The highest BCUT2D eigenvalue weighted by atomic mass is 15.2. The lowest BCUT2D eigenvalue weighted by atomic mass is 9.74. The number of hydrogen-bond donors (Lipinski definition) is 1. The zero-order valence-electron chi connectivity index (χ0n) is 9.72. The smallest absolute Gasteiger partial charge is 0.0377 e. The van der Waals surface area contributed by atoms with E-state index in [0.717, 1.165) is 13.1 Å². The zero-order valence-corrected chi connectivity index (χ0v) is 9.72. The van der Waals surface area contributed by atoms with Crippen LogP contribution in [0.3, 0.4) is 0 Å². The molecule has 13 heavy (non-hydrogen) atoms. The highest BCUT2D eigenvalue weighted by Gasteiger charge is 2.41. The summed E-state index contributed by atoms with van der Waals surface area (Å²) in [6, 6.07) is 0. The molecule has 1 fully saturated rings. The third kappa shape index (κ3) is 1.75. The highest BCUT2D eigenvalue weighted by molar-refractivity contribution is 4.99. The first-order chi connectivity index (χ1) is 6.01. The largest absolute Gasteiger partial charge is 0.314 e. The van der Waals surface area contributed by atoms with Gasteiger partial charge in [0.2, 0.25) is 0 Å². The molecule has 1 aliphatic heterocycles. The molecular formula is C11H24N2. The van der Waals surface area contributed by atoms with Gasteiger partial charge in [0.1, 0.15) is 0 Å². The van der Waals surface area contributed by atoms with Gasteiger partial charge in [-0.15, -0.1) is 0 Å². The van der Waals surface area contributed by atoms with E-state index in [4.69, 9.17) is 0 Å². The Kier molecular flexibility index (Phi) is 3.36. The lowest BCUT2D eigenvalue weighted by Crippen LogP contribution is -2.65. The van der Waals surface area contributed by atoms with Crippen LogP contribution in [0.4, 0.5) is 0 Å². The molecule has 0 aromatic rings. The summed E-state index contributed by atoms with van der Waals surface area (Å²) in [4.78, 5) is 2.54. The van der Waals surface area contributed by atoms with E-state index >= 15 is 0 Å². The van der Waals surface area contributed by atoms with Gasteiger partial charge >= 0.3 is 0 Å². The molecule has 1 saturated heterocycles. The van der Waals surface area contributed by atoms with Gasteiger partial charge in [-0.3, -0.25) is 4.90 Å². The molecule has 2 heteroatoms. The predicted molar refractivity (Wildman–Crippen MR) is 57.9 cm³/mol. The monoisotopic (exact) mass is 184 g/mol. The lowest BCUT2D eigenvalue weighted by molar-refractivity contribution is 0.00408. The van der Waals surface area contributed by atoms with Gasteiger partial charge in [0, 0.05) is 25.2 Å². The number of likely N-dealkylation sites (N-methyl/N-ethyl adjacent to an activating group) is 1. The van der Waals surface area contributed by atoms with Crippen molar-refractivity contribution in [2.45, 2.75) is 33.2 Å². The molecule has 0 saturated carbocycles. The van der Waals surface area contributed by atoms with E-state index in [1.165, 1.54) is 6.54 Å². The molecule has 78 valence electrons. The van der Waals surface area contributed by atoms with Crippen molar-refractivity contribution in [1.29, 1.82) is 0 Å². The molecule has 0 amide bonds. The van der Waals surface area contributed by atoms with Gasteiger partial charge in [-0.2, -0.15) is 0 Å². The van der Waals surface area contributed by atoms with E-state index in [-0.39, 0.29) is 0 Å². The van der Waals surface area contributed by atoms with Crippen molar-refractivity contribution >= 4 is 0 Å². The van der Waals surface area contributed by atoms with Crippen molar-refractivity contribution in [3.8, 4) is 0 Å². The standard InChI is InChI=1S/C11H24N2/c1-9(2)11(10(3)4)8-12-6-7-13(11)5/h9-10,12H,6-8H2,1-5H3. The maximum atomic E-state index is 3.53. The molecule has 0 spiro atoms. The van der Waals surface area contributed by atoms with Crippen molar-refractivity contribution < 1.29 is 0 Å². The van der Waals surface area contributed by atoms with Crippen LogP contribution in [0.1, 0.15) is 27.7 Å². The van der Waals surface area contributed by atoms with Gasteiger partial charge < -0.3 is 5.32 Å². The molecule has 2 nitrogen and oxygen atoms in total. The van der Waals surface area contributed by atoms with Crippen molar-refractivity contribution in [3.05, 3.63) is 0 Å². The van der Waals surface area contributed by atoms with Crippen molar-refractivity contribution in [2.75, 3.05) is 26.7 Å². The Morgan fingerprint density at radius 2 is 1.69 bits per heavy atom. The minimum absolute atomic E-state index is 0.359. The Hall–Kier alpha value is -0.0800. The average molecular weight is 184 g/mol. The van der Waals surface area contributed by atoms with Crippen LogP contribution in [0.25, 0.3) is 0 Å². The summed E-state index contributed by atoms with van der Waals surface area (Å²) in [6.07, 6.45) is 0. The number of nitrogens with zero attached hydrogens (tertiary/aromatic N) is 1. The zero-order chi connectivity index (χ0) is 10.1. The number of hydrogen-bond acceptors (Lipinski definition) is 2. The van der Waals surface area contributed by atoms with E-state index < -0.39 is 0 Å². The molecule has 1 N–H and O–H groups in total. The molecule has 0 unspecified atom stereocenters. The summed E-state index contributed by atoms with van der Waals surface area (Å²) in [6.45, 7) is 12.8. The maximum Gasteiger partial charge on any atom is 0.0377 e. The van der Waals surface area contributed by atoms with Crippen LogP contribution in [-0.4, -0.2) is 37.1 Å². The summed E-state index contributed by atoms with van der Waals surface area (Å²) < 4.78 is 0. The Morgan fingerprint density at radius 3 is 2.00 bits per heavy atom. The Bertz CT molecular complexity index is 155. The van der Waals surface area contributed by atoms with Crippen molar-refractivity contribution in [1.82, 2.24) is 10.2 Å². The molecule has 0 aromatic heterocycles. The van der Waals surface area contributed by atoms with Gasteiger partial charge in [0.25, 0.3) is 0 Å². The van der Waals surface area contributed by atoms with E-state index in [1.54, 1.807) is 0 Å². The topological polar surface area (TPSA) is 15.3 Å². The summed E-state index contributed by atoms with van der Waals surface area (Å²) in [7, 11) is 2.26. The molecule has 0 atom stereocenters. The maximum absolute atomic E-state index is 3.53. The van der Waals surface area contributed by atoms with Crippen LogP contribution < -0.4 is 5.32 Å². The summed E-state index contributed by atoms with van der Waals surface area (Å²) in [5.74, 6) is 1.43. The van der Waals surface area contributed by atoms with Crippen molar-refractivity contribution in [2.24, 2.45) is 11.8 Å². The molecule has 0 aromatic carbocycles. The highest BCUT2D eigenvalue weighted by Crippen LogP contribution is 2.32. The van der Waals surface area contributed by atoms with Gasteiger partial charge in [-0.05, 0) is 18.9 Å². The number of piperazine rings is 1. The number of nitrogens with one attached hydrogen (secondary N) is 1. The Morgan fingerprint density at radius 1 is 1.15 bits per heavy atom. The van der Waals surface area contributed by atoms with Crippen LogP contribution in [0.15, 0.2) is 0 Å². The molecule has 0 aliphatic carbocycles. The summed E-state index contributed by atoms with van der Waals surface area (Å²) >= 11 is 0. The predicted octanol–water partition coefficient (Wildman–Crippen LogP) is 1.57. The fourth-order valence-electron chi connectivity index (χ4n) is 2.83. The van der Waals surface area contributed by atoms with E-state index in [9.17, 15) is 0 Å². The minimum Gasteiger partial charge on any atom is -0.314 e. The lowest BCUT2D eigenvalue weighted by Gasteiger charge is -2.51. The van der Waals surface area contributed by atoms with Crippen molar-refractivity contribution in [3.63, 3.8) is 0 Å². The number of rotatable bonds is 2. The van der Waals surface area contributed by atoms with E-state index in [1.807, 2.05) is 0 Å². The average Bonchev–Trinajstić information content (AvgIpc) is 2.04. The molecular weight excluding hydrogens is 160 g/mol. The molecule has 1 aliphatic rings. The van der Waals surface area contributed by atoms with Crippen LogP contribution in [0.2, 0.25) is 0 Å². The molecule has 1 rings (SSSR count). The van der Waals surface area contributed by atoms with Gasteiger partial charge in [-0.1, -0.05) is 27.7 Å². The van der Waals surface area contributed by atoms with Crippen LogP contribution >= 0.6 is 0 Å². The van der Waals surface area contributed by atoms with Crippen LogP contribution in [0, 0.1) is 11.8 Å². The molecule has 0 bridgehead atoms. The molecule has 0 radical (unpaired) electrons. The molecule has 1 heterocycles. The first kappa shape index (κ1) is 11.0. The normalized spacial score (nSPS) is 24.2. The summed E-state index contributed by atoms with van der Waals surface area (Å²) in [5, 5.41) is 3.53. The minimum atomic E-state index is 0.359. The first-order valence-electron chi connectivity index (χ1n) is 5.43. The van der Waals surface area contributed by atoms with Gasteiger partial charge in [0.05, 0.1) is 0 Å². The van der Waals surface area contributed by atoms with Gasteiger partial charge in [0.15, 0.2) is 0 Å². The second-order valence-electron chi connectivity index (χ2n) is 4.90. The fourth-order valence-corrected chi connectivity index (χ4v) is 2.83. The van der Waals surface area contributed by atoms with E-state index in [2.05, 4.69) is 45.0 Å². The SMILES string of the molecule is CC(C)C1(C(C)C)CNCCN1C. The summed E-state index contributed by atoms with van der Waals surface area (Å²) in [5.41, 5.74) is 0.359. The van der Waals surface area contributed by atoms with Crippen LogP contribution in [0.5, 0.6) is 0 Å². The van der Waals surface area contributed by atoms with Crippen LogP contribution in [-0.2, 0) is 0 Å². The Balaban J connectivity index is 2.86. The Labute approximate surface area is 82.7 Å².